The molecule has 7 nitrogen and oxygen atoms in total. The molecular weight excluding hydrogens is 226 g/mol. The molecular formula is C7H4F2N4O3. The van der Waals surface area contributed by atoms with Crippen LogP contribution in [0.2, 0.25) is 0 Å². The summed E-state index contributed by atoms with van der Waals surface area (Å²) in [7, 11) is 0. The Kier molecular flexibility index (Phi) is 2.35. The lowest BCUT2D eigenvalue weighted by Crippen LogP contribution is -2.10. The molecule has 2 aromatic rings. The number of alkyl halides is 2. The van der Waals surface area contributed by atoms with Crippen LogP contribution >= 0.6 is 0 Å². The smallest absolute Gasteiger partial charge is 0.432 e. The van der Waals surface area contributed by atoms with Crippen LogP contribution in [-0.4, -0.2) is 31.2 Å². The van der Waals surface area contributed by atoms with Gasteiger partial charge in [-0.2, -0.15) is 18.6 Å². The van der Waals surface area contributed by atoms with Gasteiger partial charge in [0.15, 0.2) is 0 Å². The first-order chi connectivity index (χ1) is 7.59. The molecule has 0 aliphatic rings. The number of rotatable bonds is 2. The van der Waals surface area contributed by atoms with E-state index in [1.165, 1.54) is 12.3 Å². The van der Waals surface area contributed by atoms with Gasteiger partial charge in [0.25, 0.3) is 11.8 Å². The van der Waals surface area contributed by atoms with Crippen molar-refractivity contribution < 1.29 is 23.1 Å². The molecule has 2 rings (SSSR count). The van der Waals surface area contributed by atoms with Crippen molar-refractivity contribution in [3.8, 4) is 11.6 Å². The number of carbonyl (C=O) groups is 1. The normalized spacial score (nSPS) is 10.9. The Balaban J connectivity index is 2.42. The highest BCUT2D eigenvalue weighted by Gasteiger charge is 2.20. The molecule has 84 valence electrons. The van der Waals surface area contributed by atoms with E-state index >= 15 is 0 Å². The summed E-state index contributed by atoms with van der Waals surface area (Å²) in [5.74, 6) is -1.19. The lowest BCUT2D eigenvalue weighted by Gasteiger charge is -1.95. The van der Waals surface area contributed by atoms with Crippen molar-refractivity contribution >= 4 is 6.09 Å². The molecule has 1 N–H and O–H groups in total. The topological polar surface area (TPSA) is 94.0 Å². The zero-order valence-electron chi connectivity index (χ0n) is 7.54. The summed E-state index contributed by atoms with van der Waals surface area (Å²) in [6.07, 6.45) is -3.10. The van der Waals surface area contributed by atoms with Crippen LogP contribution < -0.4 is 0 Å². The summed E-state index contributed by atoms with van der Waals surface area (Å²) in [6, 6.07) is 1.26. The van der Waals surface area contributed by atoms with Gasteiger partial charge in [0, 0.05) is 0 Å². The first kappa shape index (κ1) is 10.2. The van der Waals surface area contributed by atoms with Gasteiger partial charge in [-0.3, -0.25) is 0 Å². The van der Waals surface area contributed by atoms with Crippen molar-refractivity contribution in [2.75, 3.05) is 0 Å². The fraction of sp³-hybridized carbons (Fsp3) is 0.143. The zero-order chi connectivity index (χ0) is 11.7. The van der Waals surface area contributed by atoms with E-state index in [1.807, 2.05) is 0 Å². The first-order valence-electron chi connectivity index (χ1n) is 3.99. The fourth-order valence-corrected chi connectivity index (χ4v) is 1.04. The molecule has 2 aromatic heterocycles. The van der Waals surface area contributed by atoms with E-state index in [0.29, 0.717) is 4.68 Å². The third-order valence-electron chi connectivity index (χ3n) is 1.67. The monoisotopic (exact) mass is 230 g/mol. The molecule has 0 spiro atoms. The van der Waals surface area contributed by atoms with Gasteiger partial charge < -0.3 is 9.52 Å². The average molecular weight is 230 g/mol. The zero-order valence-corrected chi connectivity index (χ0v) is 7.54. The molecule has 9 heteroatoms. The van der Waals surface area contributed by atoms with Crippen molar-refractivity contribution in [1.29, 1.82) is 0 Å². The molecule has 0 amide bonds. The maximum Gasteiger partial charge on any atom is 0.432 e. The predicted octanol–water partition coefficient (Wildman–Crippen LogP) is 1.40. The van der Waals surface area contributed by atoms with Crippen LogP contribution in [0.1, 0.15) is 12.3 Å². The maximum absolute atomic E-state index is 12.1. The number of aromatic nitrogens is 4. The second-order valence-electron chi connectivity index (χ2n) is 2.66. The van der Waals surface area contributed by atoms with Crippen LogP contribution in [0.5, 0.6) is 0 Å². The number of hydrogen-bond donors (Lipinski definition) is 1. The van der Waals surface area contributed by atoms with Gasteiger partial charge in [-0.15, -0.1) is 10.2 Å². The van der Waals surface area contributed by atoms with Gasteiger partial charge in [-0.05, 0) is 6.07 Å². The highest BCUT2D eigenvalue weighted by molar-refractivity contribution is 5.72. The Hall–Kier alpha value is -2.32. The summed E-state index contributed by atoms with van der Waals surface area (Å²) in [4.78, 5) is 10.7. The molecule has 0 saturated heterocycles. The fourth-order valence-electron chi connectivity index (χ4n) is 1.04. The van der Waals surface area contributed by atoms with Crippen molar-refractivity contribution in [3.05, 3.63) is 18.2 Å². The van der Waals surface area contributed by atoms with Crippen molar-refractivity contribution in [2.45, 2.75) is 6.43 Å². The van der Waals surface area contributed by atoms with Gasteiger partial charge in [-0.25, -0.2) is 4.79 Å². The average Bonchev–Trinajstić information content (AvgIpc) is 2.86. The van der Waals surface area contributed by atoms with E-state index in [4.69, 9.17) is 5.11 Å². The van der Waals surface area contributed by atoms with Gasteiger partial charge in [0.2, 0.25) is 0 Å². The Bertz CT molecular complexity index is 521. The van der Waals surface area contributed by atoms with E-state index in [0.717, 1.165) is 0 Å². The lowest BCUT2D eigenvalue weighted by atomic mass is 10.4. The number of halogens is 2. The third-order valence-corrected chi connectivity index (χ3v) is 1.67. The second-order valence-corrected chi connectivity index (χ2v) is 2.66. The van der Waals surface area contributed by atoms with Crippen LogP contribution in [-0.2, 0) is 0 Å². The quantitative estimate of drug-likeness (QED) is 0.837. The molecule has 0 aliphatic heterocycles. The van der Waals surface area contributed by atoms with Crippen molar-refractivity contribution in [3.63, 3.8) is 0 Å². The standard InChI is InChI=1S/C7H4F2N4O3/c8-4(9)6-12-11-5(16-6)3-1-2-10-13(3)7(14)15/h1-2,4H,(H,14,15). The predicted molar refractivity (Wildman–Crippen MR) is 43.9 cm³/mol. The number of carboxylic acid groups (broad SMARTS) is 1. The van der Waals surface area contributed by atoms with Crippen LogP contribution in [0.3, 0.4) is 0 Å². The summed E-state index contributed by atoms with van der Waals surface area (Å²) < 4.78 is 29.4. The highest BCUT2D eigenvalue weighted by Crippen LogP contribution is 2.22. The second kappa shape index (κ2) is 3.68. The minimum atomic E-state index is -2.90. The summed E-state index contributed by atoms with van der Waals surface area (Å²) in [5, 5.41) is 18.5. The Morgan fingerprint density at radius 3 is 2.81 bits per heavy atom. The minimum Gasteiger partial charge on any atom is -0.463 e. The van der Waals surface area contributed by atoms with Gasteiger partial charge in [0.1, 0.15) is 5.69 Å². The summed E-state index contributed by atoms with van der Waals surface area (Å²) in [5.41, 5.74) is -0.0631. The molecule has 0 aliphatic carbocycles. The van der Waals surface area contributed by atoms with E-state index < -0.39 is 18.4 Å². The van der Waals surface area contributed by atoms with Crippen LogP contribution in [0.15, 0.2) is 16.7 Å². The molecule has 0 fully saturated rings. The minimum absolute atomic E-state index is 0.0631. The molecule has 16 heavy (non-hydrogen) atoms. The largest absolute Gasteiger partial charge is 0.463 e. The summed E-state index contributed by atoms with van der Waals surface area (Å²) in [6.45, 7) is 0. The first-order valence-corrected chi connectivity index (χ1v) is 3.99. The molecule has 0 unspecified atom stereocenters. The van der Waals surface area contributed by atoms with Crippen LogP contribution in [0, 0.1) is 0 Å². The molecule has 0 saturated carbocycles. The van der Waals surface area contributed by atoms with E-state index in [-0.39, 0.29) is 11.6 Å². The van der Waals surface area contributed by atoms with E-state index in [2.05, 4.69) is 19.7 Å². The Labute approximate surface area is 86.3 Å². The van der Waals surface area contributed by atoms with Crippen LogP contribution in [0.25, 0.3) is 11.6 Å². The van der Waals surface area contributed by atoms with Crippen LogP contribution in [0.4, 0.5) is 13.6 Å². The SMILES string of the molecule is O=C(O)n1nccc1-c1nnc(C(F)F)o1. The third kappa shape index (κ3) is 1.62. The molecule has 0 atom stereocenters. The molecule has 0 aromatic carbocycles. The molecule has 0 bridgehead atoms. The van der Waals surface area contributed by atoms with Crippen molar-refractivity contribution in [1.82, 2.24) is 20.0 Å². The van der Waals surface area contributed by atoms with Crippen molar-refractivity contribution in [2.24, 2.45) is 0 Å². The van der Waals surface area contributed by atoms with Gasteiger partial charge in [-0.1, -0.05) is 0 Å². The van der Waals surface area contributed by atoms with Gasteiger partial charge in [0.05, 0.1) is 6.20 Å². The highest BCUT2D eigenvalue weighted by atomic mass is 19.3. The van der Waals surface area contributed by atoms with Gasteiger partial charge >= 0.3 is 12.5 Å². The lowest BCUT2D eigenvalue weighted by molar-refractivity contribution is 0.116. The number of hydrogen-bond acceptors (Lipinski definition) is 5. The van der Waals surface area contributed by atoms with E-state index in [9.17, 15) is 13.6 Å². The maximum atomic E-state index is 12.1. The molecule has 0 radical (unpaired) electrons. The Morgan fingerprint density at radius 1 is 1.50 bits per heavy atom. The Morgan fingerprint density at radius 2 is 2.25 bits per heavy atom. The summed E-state index contributed by atoms with van der Waals surface area (Å²) >= 11 is 0. The van der Waals surface area contributed by atoms with E-state index in [1.54, 1.807) is 0 Å². The number of nitrogens with zero attached hydrogens (tertiary/aromatic N) is 4. The molecule has 2 heterocycles.